The summed E-state index contributed by atoms with van der Waals surface area (Å²) in [6.45, 7) is 0. The van der Waals surface area contributed by atoms with Crippen LogP contribution in [-0.4, -0.2) is 10.7 Å². The van der Waals surface area contributed by atoms with Crippen molar-refractivity contribution in [3.8, 4) is 0 Å². The minimum Gasteiger partial charge on any atom is -0.294 e. The van der Waals surface area contributed by atoms with Crippen LogP contribution in [0.3, 0.4) is 0 Å². The van der Waals surface area contributed by atoms with E-state index in [1.165, 1.54) is 6.07 Å². The Morgan fingerprint density at radius 3 is 2.35 bits per heavy atom. The van der Waals surface area contributed by atoms with Gasteiger partial charge in [0.05, 0.1) is 4.92 Å². The maximum atomic E-state index is 11.9. The van der Waals surface area contributed by atoms with E-state index in [2.05, 4.69) is 0 Å². The van der Waals surface area contributed by atoms with E-state index in [1.807, 2.05) is 18.2 Å². The molecule has 0 saturated carbocycles. The molecule has 0 bridgehead atoms. The second-order valence-corrected chi connectivity index (χ2v) is 4.53. The Labute approximate surface area is 117 Å². The number of nitro benzene ring substituents is 1. The third-order valence-electron chi connectivity index (χ3n) is 3.13. The van der Waals surface area contributed by atoms with Crippen LogP contribution in [0.15, 0.2) is 54.6 Å². The van der Waals surface area contributed by atoms with E-state index in [-0.39, 0.29) is 16.4 Å². The molecule has 0 spiro atoms. The van der Waals surface area contributed by atoms with Crippen LogP contribution in [0.1, 0.15) is 28.8 Å². The van der Waals surface area contributed by atoms with Crippen molar-refractivity contribution in [2.45, 2.75) is 19.3 Å². The Morgan fingerprint density at radius 2 is 1.65 bits per heavy atom. The Balaban J connectivity index is 1.94. The second-order valence-electron chi connectivity index (χ2n) is 4.53. The van der Waals surface area contributed by atoms with Crippen LogP contribution in [0.5, 0.6) is 0 Å². The zero-order chi connectivity index (χ0) is 14.4. The number of Topliss-reactive ketones (excluding diaryl/α,β-unsaturated/α-hetero) is 1. The van der Waals surface area contributed by atoms with E-state index in [9.17, 15) is 14.9 Å². The first kappa shape index (κ1) is 13.9. The quantitative estimate of drug-likeness (QED) is 0.455. The summed E-state index contributed by atoms with van der Waals surface area (Å²) in [7, 11) is 0. The molecule has 4 nitrogen and oxygen atoms in total. The Kier molecular flexibility index (Phi) is 4.60. The van der Waals surface area contributed by atoms with E-state index in [4.69, 9.17) is 0 Å². The SMILES string of the molecule is O=C(CCCc1ccccc1[N+](=O)[O-])c1ccccc1. The van der Waals surface area contributed by atoms with Gasteiger partial charge in [-0.1, -0.05) is 48.5 Å². The highest BCUT2D eigenvalue weighted by Gasteiger charge is 2.12. The van der Waals surface area contributed by atoms with Gasteiger partial charge in [-0.3, -0.25) is 14.9 Å². The summed E-state index contributed by atoms with van der Waals surface area (Å²) in [5.41, 5.74) is 1.49. The lowest BCUT2D eigenvalue weighted by molar-refractivity contribution is -0.385. The first-order valence-electron chi connectivity index (χ1n) is 6.49. The molecular weight excluding hydrogens is 254 g/mol. The molecule has 20 heavy (non-hydrogen) atoms. The molecule has 0 unspecified atom stereocenters. The number of nitrogens with zero attached hydrogens (tertiary/aromatic N) is 1. The predicted octanol–water partition coefficient (Wildman–Crippen LogP) is 3.80. The van der Waals surface area contributed by atoms with Gasteiger partial charge in [-0.15, -0.1) is 0 Å². The Hall–Kier alpha value is -2.49. The number of hydrogen-bond acceptors (Lipinski definition) is 3. The maximum Gasteiger partial charge on any atom is 0.272 e. The van der Waals surface area contributed by atoms with Crippen LogP contribution in [-0.2, 0) is 6.42 Å². The molecule has 0 heterocycles. The minimum atomic E-state index is -0.381. The summed E-state index contributed by atoms with van der Waals surface area (Å²) in [5.74, 6) is 0.0733. The number of para-hydroxylation sites is 1. The number of aryl methyl sites for hydroxylation is 1. The third kappa shape index (κ3) is 3.51. The molecule has 4 heteroatoms. The van der Waals surface area contributed by atoms with Gasteiger partial charge in [-0.05, 0) is 12.8 Å². The Morgan fingerprint density at radius 1 is 1.00 bits per heavy atom. The summed E-state index contributed by atoms with van der Waals surface area (Å²) in [4.78, 5) is 22.4. The molecule has 0 aromatic heterocycles. The number of carbonyl (C=O) groups excluding carboxylic acids is 1. The van der Waals surface area contributed by atoms with E-state index in [0.29, 0.717) is 30.4 Å². The fraction of sp³-hybridized carbons (Fsp3) is 0.188. The van der Waals surface area contributed by atoms with Crippen LogP contribution in [0.4, 0.5) is 5.69 Å². The van der Waals surface area contributed by atoms with Crippen LogP contribution >= 0.6 is 0 Å². The topological polar surface area (TPSA) is 60.2 Å². The summed E-state index contributed by atoms with van der Waals surface area (Å²) in [6, 6.07) is 15.8. The van der Waals surface area contributed by atoms with E-state index in [1.54, 1.807) is 30.3 Å². The molecular formula is C16H15NO3. The number of ketones is 1. The molecule has 0 aliphatic carbocycles. The monoisotopic (exact) mass is 269 g/mol. The van der Waals surface area contributed by atoms with Crippen molar-refractivity contribution < 1.29 is 9.72 Å². The normalized spacial score (nSPS) is 10.2. The molecule has 0 fully saturated rings. The molecule has 0 N–H and O–H groups in total. The lowest BCUT2D eigenvalue weighted by atomic mass is 10.0. The van der Waals surface area contributed by atoms with Gasteiger partial charge in [0, 0.05) is 23.6 Å². The van der Waals surface area contributed by atoms with E-state index >= 15 is 0 Å². The average molecular weight is 269 g/mol. The fourth-order valence-electron chi connectivity index (χ4n) is 2.11. The van der Waals surface area contributed by atoms with E-state index in [0.717, 1.165) is 0 Å². The zero-order valence-corrected chi connectivity index (χ0v) is 11.0. The summed E-state index contributed by atoms with van der Waals surface area (Å²) < 4.78 is 0. The second kappa shape index (κ2) is 6.61. The van der Waals surface area contributed by atoms with Crippen LogP contribution < -0.4 is 0 Å². The van der Waals surface area contributed by atoms with Gasteiger partial charge in [-0.25, -0.2) is 0 Å². The highest BCUT2D eigenvalue weighted by atomic mass is 16.6. The van der Waals surface area contributed by atoms with Crippen molar-refractivity contribution in [1.82, 2.24) is 0 Å². The molecule has 102 valence electrons. The average Bonchev–Trinajstić information content (AvgIpc) is 2.48. The van der Waals surface area contributed by atoms with Crippen molar-refractivity contribution >= 4 is 11.5 Å². The Bertz CT molecular complexity index is 608. The first-order chi connectivity index (χ1) is 9.68. The number of rotatable bonds is 6. The highest BCUT2D eigenvalue weighted by molar-refractivity contribution is 5.95. The molecule has 0 aliphatic rings. The molecule has 0 amide bonds. The van der Waals surface area contributed by atoms with E-state index < -0.39 is 0 Å². The van der Waals surface area contributed by atoms with Gasteiger partial charge < -0.3 is 0 Å². The van der Waals surface area contributed by atoms with Crippen LogP contribution in [0.2, 0.25) is 0 Å². The van der Waals surface area contributed by atoms with Gasteiger partial charge in [0.2, 0.25) is 0 Å². The number of benzene rings is 2. The highest BCUT2D eigenvalue weighted by Crippen LogP contribution is 2.20. The fourth-order valence-corrected chi connectivity index (χ4v) is 2.11. The van der Waals surface area contributed by atoms with Crippen LogP contribution in [0.25, 0.3) is 0 Å². The predicted molar refractivity (Wildman–Crippen MR) is 76.8 cm³/mol. The van der Waals surface area contributed by atoms with Gasteiger partial charge >= 0.3 is 0 Å². The molecule has 2 rings (SSSR count). The molecule has 2 aromatic rings. The number of carbonyl (C=O) groups is 1. The van der Waals surface area contributed by atoms with Crippen molar-refractivity contribution in [1.29, 1.82) is 0 Å². The molecule has 2 aromatic carbocycles. The molecule has 0 atom stereocenters. The standard InChI is InChI=1S/C16H15NO3/c18-16(14-8-2-1-3-9-14)12-6-10-13-7-4-5-11-15(13)17(19)20/h1-5,7-9,11H,6,10,12H2. The summed E-state index contributed by atoms with van der Waals surface area (Å²) >= 11 is 0. The summed E-state index contributed by atoms with van der Waals surface area (Å²) in [6.07, 6.45) is 1.55. The minimum absolute atomic E-state index is 0.0733. The van der Waals surface area contributed by atoms with Crippen molar-refractivity contribution in [3.63, 3.8) is 0 Å². The number of nitro groups is 1. The molecule has 0 aliphatic heterocycles. The van der Waals surface area contributed by atoms with Gasteiger partial charge in [-0.2, -0.15) is 0 Å². The van der Waals surface area contributed by atoms with Crippen molar-refractivity contribution in [2.24, 2.45) is 0 Å². The zero-order valence-electron chi connectivity index (χ0n) is 11.0. The largest absolute Gasteiger partial charge is 0.294 e. The van der Waals surface area contributed by atoms with Gasteiger partial charge in [0.15, 0.2) is 5.78 Å². The van der Waals surface area contributed by atoms with Gasteiger partial charge in [0.1, 0.15) is 0 Å². The summed E-state index contributed by atoms with van der Waals surface area (Å²) in [5, 5.41) is 10.9. The molecule has 0 saturated heterocycles. The lowest BCUT2D eigenvalue weighted by Gasteiger charge is -2.03. The lowest BCUT2D eigenvalue weighted by Crippen LogP contribution is -2.01. The third-order valence-corrected chi connectivity index (χ3v) is 3.13. The van der Waals surface area contributed by atoms with Gasteiger partial charge in [0.25, 0.3) is 5.69 Å². The molecule has 0 radical (unpaired) electrons. The maximum absolute atomic E-state index is 11.9. The first-order valence-corrected chi connectivity index (χ1v) is 6.49. The van der Waals surface area contributed by atoms with Crippen LogP contribution in [0, 0.1) is 10.1 Å². The van der Waals surface area contributed by atoms with Crippen molar-refractivity contribution in [2.75, 3.05) is 0 Å². The number of hydrogen-bond donors (Lipinski definition) is 0. The smallest absolute Gasteiger partial charge is 0.272 e. The van der Waals surface area contributed by atoms with Crippen molar-refractivity contribution in [3.05, 3.63) is 75.8 Å².